The predicted molar refractivity (Wildman–Crippen MR) is 73.5 cm³/mol. The number of halogens is 1. The summed E-state index contributed by atoms with van der Waals surface area (Å²) in [5.41, 5.74) is 3.07. The molecule has 1 unspecified atom stereocenters. The van der Waals surface area contributed by atoms with Crippen LogP contribution in [-0.4, -0.2) is 9.97 Å². The first-order valence-electron chi connectivity index (χ1n) is 6.40. The van der Waals surface area contributed by atoms with Gasteiger partial charge in [0.1, 0.15) is 11.3 Å². The normalized spacial score (nSPS) is 12.7. The summed E-state index contributed by atoms with van der Waals surface area (Å²) in [7, 11) is 0. The second kappa shape index (κ2) is 5.38. The minimum Gasteiger partial charge on any atom is -0.443 e. The monoisotopic (exact) mass is 271 g/mol. The van der Waals surface area contributed by atoms with E-state index in [1.54, 1.807) is 12.3 Å². The fraction of sp³-hybridized carbons (Fsp3) is 0.200. The first-order chi connectivity index (χ1) is 9.74. The molecular weight excluding hydrogens is 257 g/mol. The van der Waals surface area contributed by atoms with Crippen molar-refractivity contribution in [1.29, 1.82) is 0 Å². The van der Waals surface area contributed by atoms with E-state index >= 15 is 0 Å². The third-order valence-electron chi connectivity index (χ3n) is 3.20. The van der Waals surface area contributed by atoms with Crippen LogP contribution in [0.1, 0.15) is 24.2 Å². The van der Waals surface area contributed by atoms with Crippen molar-refractivity contribution in [3.8, 4) is 0 Å². The fourth-order valence-corrected chi connectivity index (χ4v) is 2.10. The fourth-order valence-electron chi connectivity index (χ4n) is 2.10. The summed E-state index contributed by atoms with van der Waals surface area (Å²) in [6, 6.07) is 8.64. The number of hydrogen-bond acceptors (Lipinski definition) is 4. The standard InChI is InChI=1S/C15H14FN3O/c1-10(15-12(16)3-2-6-17-15)18-8-11-4-5-14-13(7-11)19-9-20-14/h2-7,9-10,18H,8H2,1H3. The number of hydrogen-bond donors (Lipinski definition) is 1. The molecule has 3 rings (SSSR count). The molecule has 0 saturated heterocycles. The number of pyridine rings is 1. The van der Waals surface area contributed by atoms with Crippen molar-refractivity contribution in [3.05, 3.63) is 60.0 Å². The maximum atomic E-state index is 13.6. The highest BCUT2D eigenvalue weighted by atomic mass is 19.1. The van der Waals surface area contributed by atoms with Crippen LogP contribution < -0.4 is 5.32 Å². The maximum absolute atomic E-state index is 13.6. The van der Waals surface area contributed by atoms with E-state index in [0.717, 1.165) is 16.7 Å². The first kappa shape index (κ1) is 12.7. The zero-order valence-electron chi connectivity index (χ0n) is 11.0. The Bertz CT molecular complexity index is 726. The highest BCUT2D eigenvalue weighted by Gasteiger charge is 2.11. The third-order valence-corrected chi connectivity index (χ3v) is 3.20. The predicted octanol–water partition coefficient (Wildman–Crippen LogP) is 3.21. The molecule has 1 N–H and O–H groups in total. The van der Waals surface area contributed by atoms with Crippen LogP contribution in [-0.2, 0) is 6.54 Å². The Kier molecular flexibility index (Phi) is 3.43. The quantitative estimate of drug-likeness (QED) is 0.791. The highest BCUT2D eigenvalue weighted by Crippen LogP contribution is 2.16. The van der Waals surface area contributed by atoms with Gasteiger partial charge in [-0.2, -0.15) is 0 Å². The second-order valence-corrected chi connectivity index (χ2v) is 4.63. The molecule has 20 heavy (non-hydrogen) atoms. The topological polar surface area (TPSA) is 51.0 Å². The van der Waals surface area contributed by atoms with Crippen molar-refractivity contribution in [3.63, 3.8) is 0 Å². The summed E-state index contributed by atoms with van der Waals surface area (Å²) in [4.78, 5) is 8.18. The zero-order chi connectivity index (χ0) is 13.9. The molecule has 2 heterocycles. The Balaban J connectivity index is 1.71. The van der Waals surface area contributed by atoms with E-state index in [0.29, 0.717) is 12.2 Å². The van der Waals surface area contributed by atoms with Crippen molar-refractivity contribution in [2.75, 3.05) is 0 Å². The molecule has 0 radical (unpaired) electrons. The Hall–Kier alpha value is -2.27. The third kappa shape index (κ3) is 2.53. The SMILES string of the molecule is CC(NCc1ccc2ocnc2c1)c1ncccc1F. The zero-order valence-corrected chi connectivity index (χ0v) is 11.0. The summed E-state index contributed by atoms with van der Waals surface area (Å²) in [5, 5.41) is 3.25. The van der Waals surface area contributed by atoms with Gasteiger partial charge in [-0.3, -0.25) is 4.98 Å². The van der Waals surface area contributed by atoms with Crippen LogP contribution in [0.3, 0.4) is 0 Å². The summed E-state index contributed by atoms with van der Waals surface area (Å²) >= 11 is 0. The summed E-state index contributed by atoms with van der Waals surface area (Å²) in [6.07, 6.45) is 3.02. The van der Waals surface area contributed by atoms with Gasteiger partial charge in [-0.25, -0.2) is 9.37 Å². The number of nitrogens with one attached hydrogen (secondary N) is 1. The number of rotatable bonds is 4. The van der Waals surface area contributed by atoms with Crippen LogP contribution in [0, 0.1) is 5.82 Å². The van der Waals surface area contributed by atoms with Gasteiger partial charge in [-0.05, 0) is 36.8 Å². The maximum Gasteiger partial charge on any atom is 0.181 e. The molecule has 0 aliphatic carbocycles. The number of benzene rings is 1. The first-order valence-corrected chi connectivity index (χ1v) is 6.40. The van der Waals surface area contributed by atoms with Crippen LogP contribution in [0.25, 0.3) is 11.1 Å². The van der Waals surface area contributed by atoms with Crippen LogP contribution in [0.15, 0.2) is 47.3 Å². The Labute approximate surface area is 115 Å². The average molecular weight is 271 g/mol. The lowest BCUT2D eigenvalue weighted by Crippen LogP contribution is -2.20. The molecule has 5 heteroatoms. The van der Waals surface area contributed by atoms with Crippen molar-refractivity contribution >= 4 is 11.1 Å². The Morgan fingerprint density at radius 2 is 2.20 bits per heavy atom. The molecule has 0 bridgehead atoms. The molecule has 0 amide bonds. The molecule has 102 valence electrons. The number of fused-ring (bicyclic) bond motifs is 1. The van der Waals surface area contributed by atoms with Gasteiger partial charge >= 0.3 is 0 Å². The minimum absolute atomic E-state index is 0.163. The van der Waals surface area contributed by atoms with E-state index in [-0.39, 0.29) is 11.9 Å². The molecule has 1 atom stereocenters. The Morgan fingerprint density at radius 1 is 1.30 bits per heavy atom. The van der Waals surface area contributed by atoms with Gasteiger partial charge in [0.05, 0.1) is 5.69 Å². The summed E-state index contributed by atoms with van der Waals surface area (Å²) in [5.74, 6) is -0.292. The van der Waals surface area contributed by atoms with E-state index in [1.807, 2.05) is 25.1 Å². The van der Waals surface area contributed by atoms with Gasteiger partial charge in [0.15, 0.2) is 12.0 Å². The lowest BCUT2D eigenvalue weighted by molar-refractivity contribution is 0.512. The molecule has 2 aromatic heterocycles. The molecule has 0 spiro atoms. The summed E-state index contributed by atoms with van der Waals surface area (Å²) < 4.78 is 18.8. The lowest BCUT2D eigenvalue weighted by atomic mass is 10.1. The molecule has 1 aromatic carbocycles. The average Bonchev–Trinajstić information content (AvgIpc) is 2.92. The van der Waals surface area contributed by atoms with E-state index in [4.69, 9.17) is 4.42 Å². The van der Waals surface area contributed by atoms with Crippen LogP contribution >= 0.6 is 0 Å². The van der Waals surface area contributed by atoms with E-state index in [9.17, 15) is 4.39 Å². The van der Waals surface area contributed by atoms with Crippen LogP contribution in [0.5, 0.6) is 0 Å². The van der Waals surface area contributed by atoms with Gasteiger partial charge in [0.2, 0.25) is 0 Å². The number of aromatic nitrogens is 2. The van der Waals surface area contributed by atoms with Gasteiger partial charge in [-0.15, -0.1) is 0 Å². The second-order valence-electron chi connectivity index (χ2n) is 4.63. The van der Waals surface area contributed by atoms with Crippen molar-refractivity contribution < 1.29 is 8.81 Å². The lowest BCUT2D eigenvalue weighted by Gasteiger charge is -2.13. The van der Waals surface area contributed by atoms with Crippen LogP contribution in [0.4, 0.5) is 4.39 Å². The van der Waals surface area contributed by atoms with E-state index in [2.05, 4.69) is 15.3 Å². The highest BCUT2D eigenvalue weighted by molar-refractivity contribution is 5.72. The molecule has 0 aliphatic rings. The summed E-state index contributed by atoms with van der Waals surface area (Å²) in [6.45, 7) is 2.50. The van der Waals surface area contributed by atoms with E-state index < -0.39 is 0 Å². The minimum atomic E-state index is -0.292. The van der Waals surface area contributed by atoms with E-state index in [1.165, 1.54) is 12.5 Å². The van der Waals surface area contributed by atoms with Crippen molar-refractivity contribution in [2.45, 2.75) is 19.5 Å². The van der Waals surface area contributed by atoms with Gasteiger partial charge in [0.25, 0.3) is 0 Å². The van der Waals surface area contributed by atoms with Gasteiger partial charge < -0.3 is 9.73 Å². The van der Waals surface area contributed by atoms with Crippen LogP contribution in [0.2, 0.25) is 0 Å². The number of oxazole rings is 1. The smallest absolute Gasteiger partial charge is 0.181 e. The molecule has 0 aliphatic heterocycles. The van der Waals surface area contributed by atoms with Crippen molar-refractivity contribution in [2.24, 2.45) is 0 Å². The molecular formula is C15H14FN3O. The largest absolute Gasteiger partial charge is 0.443 e. The number of nitrogens with zero attached hydrogens (tertiary/aromatic N) is 2. The molecule has 4 nitrogen and oxygen atoms in total. The van der Waals surface area contributed by atoms with Crippen molar-refractivity contribution in [1.82, 2.24) is 15.3 Å². The Morgan fingerprint density at radius 3 is 3.05 bits per heavy atom. The van der Waals surface area contributed by atoms with Gasteiger partial charge in [0, 0.05) is 18.8 Å². The molecule has 0 fully saturated rings. The molecule has 0 saturated carbocycles. The van der Waals surface area contributed by atoms with Gasteiger partial charge in [-0.1, -0.05) is 6.07 Å². The molecule has 3 aromatic rings.